The highest BCUT2D eigenvalue weighted by Gasteiger charge is 2.05. The van der Waals surface area contributed by atoms with E-state index < -0.39 is 0 Å². The SMILES string of the molecule is CCCCCCCCCC/C(CCCCCNc1ccc(C(=O)OCC)cc1)=N\O. The lowest BCUT2D eigenvalue weighted by Gasteiger charge is -2.08. The summed E-state index contributed by atoms with van der Waals surface area (Å²) in [7, 11) is 0. The molecule has 5 heteroatoms. The van der Waals surface area contributed by atoms with E-state index in [4.69, 9.17) is 4.74 Å². The number of hydrogen-bond acceptors (Lipinski definition) is 5. The molecule has 1 rings (SSSR count). The molecule has 2 N–H and O–H groups in total. The largest absolute Gasteiger partial charge is 0.462 e. The van der Waals surface area contributed by atoms with Crippen molar-refractivity contribution in [2.24, 2.45) is 5.16 Å². The molecular weight excluding hydrogens is 376 g/mol. The van der Waals surface area contributed by atoms with Gasteiger partial charge in [0.2, 0.25) is 0 Å². The summed E-state index contributed by atoms with van der Waals surface area (Å²) in [5.41, 5.74) is 2.54. The van der Waals surface area contributed by atoms with Crippen LogP contribution < -0.4 is 5.32 Å². The molecule has 0 aliphatic carbocycles. The number of anilines is 1. The molecule has 0 bridgehead atoms. The lowest BCUT2D eigenvalue weighted by molar-refractivity contribution is 0.0526. The van der Waals surface area contributed by atoms with Crippen LogP contribution in [0.25, 0.3) is 0 Å². The molecule has 5 nitrogen and oxygen atoms in total. The number of esters is 1. The number of rotatable bonds is 18. The summed E-state index contributed by atoms with van der Waals surface area (Å²) in [4.78, 5) is 11.6. The Hall–Kier alpha value is -2.04. The van der Waals surface area contributed by atoms with Crippen molar-refractivity contribution in [1.82, 2.24) is 0 Å². The van der Waals surface area contributed by atoms with Gasteiger partial charge in [0.15, 0.2) is 0 Å². The first-order valence-electron chi connectivity index (χ1n) is 11.9. The van der Waals surface area contributed by atoms with Gasteiger partial charge in [-0.25, -0.2) is 4.79 Å². The van der Waals surface area contributed by atoms with Gasteiger partial charge < -0.3 is 15.3 Å². The van der Waals surface area contributed by atoms with E-state index >= 15 is 0 Å². The zero-order chi connectivity index (χ0) is 21.9. The molecule has 30 heavy (non-hydrogen) atoms. The molecule has 0 aliphatic heterocycles. The number of nitrogens with one attached hydrogen (secondary N) is 1. The summed E-state index contributed by atoms with van der Waals surface area (Å²) in [6, 6.07) is 7.39. The van der Waals surface area contributed by atoms with Crippen LogP contribution in [-0.2, 0) is 4.74 Å². The summed E-state index contributed by atoms with van der Waals surface area (Å²) in [6.45, 7) is 5.34. The van der Waals surface area contributed by atoms with E-state index in [-0.39, 0.29) is 5.97 Å². The summed E-state index contributed by atoms with van der Waals surface area (Å²) in [5, 5.41) is 16.1. The van der Waals surface area contributed by atoms with E-state index in [1.165, 1.54) is 44.9 Å². The summed E-state index contributed by atoms with van der Waals surface area (Å²) in [5.74, 6) is -0.280. The zero-order valence-electron chi connectivity index (χ0n) is 19.1. The Bertz CT molecular complexity index is 585. The van der Waals surface area contributed by atoms with Gasteiger partial charge in [0.25, 0.3) is 0 Å². The van der Waals surface area contributed by atoms with Crippen LogP contribution in [0.5, 0.6) is 0 Å². The quantitative estimate of drug-likeness (QED) is 0.0869. The van der Waals surface area contributed by atoms with Crippen LogP contribution in [0.2, 0.25) is 0 Å². The highest BCUT2D eigenvalue weighted by Crippen LogP contribution is 2.13. The fourth-order valence-electron chi connectivity index (χ4n) is 3.49. The molecule has 0 heterocycles. The van der Waals surface area contributed by atoms with Crippen LogP contribution >= 0.6 is 0 Å². The van der Waals surface area contributed by atoms with Gasteiger partial charge >= 0.3 is 5.97 Å². The molecule has 0 unspecified atom stereocenters. The average Bonchev–Trinajstić information content (AvgIpc) is 2.77. The molecule has 0 saturated carbocycles. The Morgan fingerprint density at radius 2 is 1.43 bits per heavy atom. The zero-order valence-corrected chi connectivity index (χ0v) is 19.1. The molecule has 0 aromatic heterocycles. The van der Waals surface area contributed by atoms with Crippen molar-refractivity contribution < 1.29 is 14.7 Å². The second kappa shape index (κ2) is 17.8. The van der Waals surface area contributed by atoms with Crippen molar-refractivity contribution in [1.29, 1.82) is 0 Å². The predicted octanol–water partition coefficient (Wildman–Crippen LogP) is 7.20. The normalized spacial score (nSPS) is 11.5. The number of nitrogens with zero attached hydrogens (tertiary/aromatic N) is 1. The molecule has 0 radical (unpaired) electrons. The number of benzene rings is 1. The Labute approximate surface area is 183 Å². The van der Waals surface area contributed by atoms with Crippen molar-refractivity contribution in [3.8, 4) is 0 Å². The Morgan fingerprint density at radius 1 is 0.867 bits per heavy atom. The first-order valence-corrected chi connectivity index (χ1v) is 11.9. The molecule has 1 aromatic rings. The van der Waals surface area contributed by atoms with E-state index in [0.29, 0.717) is 12.2 Å². The van der Waals surface area contributed by atoms with Gasteiger partial charge in [0.1, 0.15) is 0 Å². The van der Waals surface area contributed by atoms with Gasteiger partial charge in [-0.3, -0.25) is 0 Å². The molecule has 0 saturated heterocycles. The van der Waals surface area contributed by atoms with E-state index in [1.54, 1.807) is 19.1 Å². The van der Waals surface area contributed by atoms with Crippen molar-refractivity contribution in [3.05, 3.63) is 29.8 Å². The van der Waals surface area contributed by atoms with Gasteiger partial charge in [-0.15, -0.1) is 0 Å². The minimum Gasteiger partial charge on any atom is -0.462 e. The smallest absolute Gasteiger partial charge is 0.338 e. The van der Waals surface area contributed by atoms with Gasteiger partial charge in [-0.2, -0.15) is 0 Å². The van der Waals surface area contributed by atoms with Crippen molar-refractivity contribution in [2.75, 3.05) is 18.5 Å². The molecule has 0 amide bonds. The Kier molecular flexibility index (Phi) is 15.4. The number of carbonyl (C=O) groups is 1. The topological polar surface area (TPSA) is 70.9 Å². The van der Waals surface area contributed by atoms with Crippen LogP contribution in [0.15, 0.2) is 29.4 Å². The summed E-state index contributed by atoms with van der Waals surface area (Å²) >= 11 is 0. The molecule has 0 fully saturated rings. The third-order valence-corrected chi connectivity index (χ3v) is 5.33. The van der Waals surface area contributed by atoms with E-state index in [1.807, 2.05) is 12.1 Å². The maximum Gasteiger partial charge on any atom is 0.338 e. The lowest BCUT2D eigenvalue weighted by Crippen LogP contribution is -2.06. The number of hydrogen-bond donors (Lipinski definition) is 2. The number of unbranched alkanes of at least 4 members (excludes halogenated alkanes) is 9. The van der Waals surface area contributed by atoms with Gasteiger partial charge in [0.05, 0.1) is 17.9 Å². The standard InChI is InChI=1S/C25H42N2O3/c1-3-5-6-7-8-9-10-12-15-24(27-29)16-13-11-14-21-26-23-19-17-22(18-20-23)25(28)30-4-2/h17-20,26,29H,3-16,21H2,1-2H3/b27-24+. The van der Waals surface area contributed by atoms with Crippen LogP contribution in [-0.4, -0.2) is 30.0 Å². The van der Waals surface area contributed by atoms with Crippen molar-refractivity contribution >= 4 is 17.4 Å². The van der Waals surface area contributed by atoms with Crippen molar-refractivity contribution in [3.63, 3.8) is 0 Å². The minimum atomic E-state index is -0.280. The number of oxime groups is 1. The highest BCUT2D eigenvalue weighted by atomic mass is 16.5. The van der Waals surface area contributed by atoms with Gasteiger partial charge in [-0.1, -0.05) is 63.4 Å². The second-order valence-electron chi connectivity index (χ2n) is 7.93. The monoisotopic (exact) mass is 418 g/mol. The van der Waals surface area contributed by atoms with E-state index in [2.05, 4.69) is 17.4 Å². The third-order valence-electron chi connectivity index (χ3n) is 5.33. The maximum atomic E-state index is 11.6. The van der Waals surface area contributed by atoms with Crippen LogP contribution in [0.3, 0.4) is 0 Å². The number of ether oxygens (including phenoxy) is 1. The Morgan fingerprint density at radius 3 is 2.00 bits per heavy atom. The lowest BCUT2D eigenvalue weighted by atomic mass is 10.0. The predicted molar refractivity (Wildman–Crippen MR) is 126 cm³/mol. The first kappa shape index (κ1) is 26.0. The van der Waals surface area contributed by atoms with Gasteiger partial charge in [0, 0.05) is 12.2 Å². The molecule has 1 aromatic carbocycles. The fourth-order valence-corrected chi connectivity index (χ4v) is 3.49. The number of carbonyl (C=O) groups excluding carboxylic acids is 1. The summed E-state index contributed by atoms with van der Waals surface area (Å²) in [6.07, 6.45) is 15.4. The fraction of sp³-hybridized carbons (Fsp3) is 0.680. The van der Waals surface area contributed by atoms with Crippen LogP contribution in [0, 0.1) is 0 Å². The first-order chi connectivity index (χ1) is 14.7. The summed E-state index contributed by atoms with van der Waals surface area (Å²) < 4.78 is 4.99. The van der Waals surface area contributed by atoms with E-state index in [0.717, 1.165) is 56.5 Å². The van der Waals surface area contributed by atoms with E-state index in [9.17, 15) is 10.0 Å². The Balaban J connectivity index is 2.04. The van der Waals surface area contributed by atoms with Crippen LogP contribution in [0.4, 0.5) is 5.69 Å². The molecule has 0 spiro atoms. The molecule has 0 atom stereocenters. The second-order valence-corrected chi connectivity index (χ2v) is 7.93. The van der Waals surface area contributed by atoms with Crippen LogP contribution in [0.1, 0.15) is 108 Å². The highest BCUT2D eigenvalue weighted by molar-refractivity contribution is 5.89. The van der Waals surface area contributed by atoms with Gasteiger partial charge in [-0.05, 0) is 63.3 Å². The maximum absolute atomic E-state index is 11.6. The molecule has 0 aliphatic rings. The third kappa shape index (κ3) is 12.5. The molecule has 170 valence electrons. The minimum absolute atomic E-state index is 0.280. The molecular formula is C25H42N2O3. The van der Waals surface area contributed by atoms with Crippen molar-refractivity contribution in [2.45, 2.75) is 97.3 Å². The average molecular weight is 419 g/mol.